The van der Waals surface area contributed by atoms with Gasteiger partial charge in [0.15, 0.2) is 0 Å². The van der Waals surface area contributed by atoms with Gasteiger partial charge in [-0.1, -0.05) is 18.2 Å². The second-order valence-corrected chi connectivity index (χ2v) is 4.46. The first kappa shape index (κ1) is 12.3. The van der Waals surface area contributed by atoms with Gasteiger partial charge in [-0.05, 0) is 23.8 Å². The summed E-state index contributed by atoms with van der Waals surface area (Å²) in [6.07, 6.45) is 3.96. The van der Waals surface area contributed by atoms with Gasteiger partial charge in [0.05, 0.1) is 6.20 Å². The number of para-hydroxylation sites is 1. The van der Waals surface area contributed by atoms with Crippen molar-refractivity contribution in [1.29, 1.82) is 0 Å². The summed E-state index contributed by atoms with van der Waals surface area (Å²) in [5.74, 6) is -0.324. The molecule has 3 aromatic rings. The van der Waals surface area contributed by atoms with Crippen molar-refractivity contribution >= 4 is 0 Å². The third-order valence-corrected chi connectivity index (χ3v) is 2.96. The molecule has 0 atom stereocenters. The Labute approximate surface area is 114 Å². The van der Waals surface area contributed by atoms with Crippen LogP contribution in [0.15, 0.2) is 59.7 Å². The predicted octanol–water partition coefficient (Wildman–Crippen LogP) is 2.29. The first-order chi connectivity index (χ1) is 9.72. The van der Waals surface area contributed by atoms with E-state index >= 15 is 0 Å². The van der Waals surface area contributed by atoms with Crippen molar-refractivity contribution in [2.75, 3.05) is 0 Å². The van der Waals surface area contributed by atoms with Gasteiger partial charge in [0.1, 0.15) is 11.5 Å². The van der Waals surface area contributed by atoms with E-state index in [0.717, 1.165) is 11.3 Å². The summed E-state index contributed by atoms with van der Waals surface area (Å²) in [7, 11) is 0. The van der Waals surface area contributed by atoms with E-state index in [1.807, 2.05) is 6.07 Å². The van der Waals surface area contributed by atoms with Gasteiger partial charge in [-0.15, -0.1) is 0 Å². The van der Waals surface area contributed by atoms with Crippen LogP contribution in [0.25, 0.3) is 5.69 Å². The molecule has 1 N–H and O–H groups in total. The summed E-state index contributed by atoms with van der Waals surface area (Å²) in [5, 5.41) is 4.15. The summed E-state index contributed by atoms with van der Waals surface area (Å²) in [5.41, 5.74) is 1.96. The quantitative estimate of drug-likeness (QED) is 0.793. The molecular weight excluding hydrogens is 257 g/mol. The fourth-order valence-corrected chi connectivity index (χ4v) is 2.04. The largest absolute Gasteiger partial charge is 0.326 e. The van der Waals surface area contributed by atoms with Crippen LogP contribution < -0.4 is 5.56 Å². The zero-order valence-corrected chi connectivity index (χ0v) is 10.6. The Bertz CT molecular complexity index is 791. The molecule has 0 aliphatic carbocycles. The Kier molecular flexibility index (Phi) is 3.16. The second-order valence-electron chi connectivity index (χ2n) is 4.46. The summed E-state index contributed by atoms with van der Waals surface area (Å²) < 4.78 is 15.1. The van der Waals surface area contributed by atoms with E-state index in [1.54, 1.807) is 36.7 Å². The number of pyridine rings is 1. The highest BCUT2D eigenvalue weighted by molar-refractivity contribution is 5.33. The highest BCUT2D eigenvalue weighted by Gasteiger charge is 2.06. The van der Waals surface area contributed by atoms with E-state index in [9.17, 15) is 9.18 Å². The monoisotopic (exact) mass is 269 g/mol. The van der Waals surface area contributed by atoms with Crippen LogP contribution in [0, 0.1) is 5.82 Å². The summed E-state index contributed by atoms with van der Waals surface area (Å²) in [6.45, 7) is 0. The van der Waals surface area contributed by atoms with Gasteiger partial charge < -0.3 is 4.98 Å². The lowest BCUT2D eigenvalue weighted by Gasteiger charge is -2.01. The molecule has 3 rings (SSSR count). The molecule has 0 saturated carbocycles. The zero-order chi connectivity index (χ0) is 13.9. The van der Waals surface area contributed by atoms with Gasteiger partial charge in [-0.2, -0.15) is 5.10 Å². The van der Waals surface area contributed by atoms with Gasteiger partial charge >= 0.3 is 0 Å². The fraction of sp³-hybridized carbons (Fsp3) is 0.0667. The van der Waals surface area contributed by atoms with Gasteiger partial charge in [0.2, 0.25) is 5.56 Å². The van der Waals surface area contributed by atoms with E-state index in [-0.39, 0.29) is 11.4 Å². The number of hydrogen-bond acceptors (Lipinski definition) is 2. The summed E-state index contributed by atoms with van der Waals surface area (Å²) in [6, 6.07) is 11.5. The number of aromatic amines is 1. The van der Waals surface area contributed by atoms with E-state index in [2.05, 4.69) is 10.1 Å². The topological polar surface area (TPSA) is 50.7 Å². The maximum absolute atomic E-state index is 13.7. The fourth-order valence-electron chi connectivity index (χ4n) is 2.04. The smallest absolute Gasteiger partial charge is 0.248 e. The van der Waals surface area contributed by atoms with E-state index in [4.69, 9.17) is 0 Å². The van der Waals surface area contributed by atoms with Crippen LogP contribution in [0.4, 0.5) is 4.39 Å². The highest BCUT2D eigenvalue weighted by Crippen LogP contribution is 2.13. The van der Waals surface area contributed by atoms with Gasteiger partial charge in [-0.25, -0.2) is 9.07 Å². The van der Waals surface area contributed by atoms with Crippen LogP contribution >= 0.6 is 0 Å². The number of nitrogens with one attached hydrogen (secondary N) is 1. The molecular formula is C15H12FN3O. The van der Waals surface area contributed by atoms with E-state index < -0.39 is 0 Å². The Morgan fingerprint density at radius 1 is 1.15 bits per heavy atom. The highest BCUT2D eigenvalue weighted by atomic mass is 19.1. The van der Waals surface area contributed by atoms with Crippen LogP contribution in [0.3, 0.4) is 0 Å². The molecule has 0 saturated heterocycles. The first-order valence-electron chi connectivity index (χ1n) is 6.19. The minimum atomic E-state index is -0.324. The minimum absolute atomic E-state index is 0.135. The van der Waals surface area contributed by atoms with Crippen LogP contribution in [-0.2, 0) is 6.42 Å². The molecule has 2 aromatic heterocycles. The predicted molar refractivity (Wildman–Crippen MR) is 73.4 cm³/mol. The number of H-pyrrole nitrogens is 1. The van der Waals surface area contributed by atoms with Crippen LogP contribution in [0.5, 0.6) is 0 Å². The Hall–Kier alpha value is -2.69. The molecule has 0 radical (unpaired) electrons. The molecule has 5 heteroatoms. The Morgan fingerprint density at radius 3 is 2.80 bits per heavy atom. The number of rotatable bonds is 3. The van der Waals surface area contributed by atoms with Crippen molar-refractivity contribution in [2.45, 2.75) is 6.42 Å². The average Bonchev–Trinajstić information content (AvgIpc) is 2.87. The van der Waals surface area contributed by atoms with Crippen molar-refractivity contribution in [3.05, 3.63) is 82.3 Å². The molecule has 1 aromatic carbocycles. The molecule has 0 aliphatic rings. The lowest BCUT2D eigenvalue weighted by atomic mass is 10.2. The third kappa shape index (κ3) is 2.51. The number of hydrogen-bond donors (Lipinski definition) is 1. The number of nitrogens with zero attached hydrogens (tertiary/aromatic N) is 2. The molecule has 0 aliphatic heterocycles. The molecule has 100 valence electrons. The maximum Gasteiger partial charge on any atom is 0.248 e. The Morgan fingerprint density at radius 2 is 2.00 bits per heavy atom. The average molecular weight is 269 g/mol. The van der Waals surface area contributed by atoms with Crippen molar-refractivity contribution < 1.29 is 4.39 Å². The first-order valence-corrected chi connectivity index (χ1v) is 6.19. The SMILES string of the molecule is O=c1cccc(Cc2cnn(-c3ccccc3F)c2)[nH]1. The lowest BCUT2D eigenvalue weighted by Crippen LogP contribution is -2.06. The number of halogens is 1. The van der Waals surface area contributed by atoms with Crippen molar-refractivity contribution in [3.8, 4) is 5.69 Å². The van der Waals surface area contributed by atoms with E-state index in [0.29, 0.717) is 12.1 Å². The van der Waals surface area contributed by atoms with Crippen molar-refractivity contribution in [2.24, 2.45) is 0 Å². The van der Waals surface area contributed by atoms with Crippen molar-refractivity contribution in [3.63, 3.8) is 0 Å². The van der Waals surface area contributed by atoms with Crippen LogP contribution in [0.2, 0.25) is 0 Å². The van der Waals surface area contributed by atoms with Gasteiger partial charge in [0.25, 0.3) is 0 Å². The zero-order valence-electron chi connectivity index (χ0n) is 10.6. The van der Waals surface area contributed by atoms with Crippen LogP contribution in [-0.4, -0.2) is 14.8 Å². The molecule has 20 heavy (non-hydrogen) atoms. The van der Waals surface area contributed by atoms with Gasteiger partial charge in [0, 0.05) is 24.4 Å². The van der Waals surface area contributed by atoms with Crippen LogP contribution in [0.1, 0.15) is 11.3 Å². The molecule has 4 nitrogen and oxygen atoms in total. The molecule has 0 amide bonds. The number of aromatic nitrogens is 3. The maximum atomic E-state index is 13.7. The lowest BCUT2D eigenvalue weighted by molar-refractivity contribution is 0.611. The second kappa shape index (κ2) is 5.13. The molecule has 0 unspecified atom stereocenters. The summed E-state index contributed by atoms with van der Waals surface area (Å²) in [4.78, 5) is 14.0. The molecule has 0 fully saturated rings. The van der Waals surface area contributed by atoms with Gasteiger partial charge in [-0.3, -0.25) is 4.79 Å². The molecule has 2 heterocycles. The van der Waals surface area contributed by atoms with E-state index in [1.165, 1.54) is 16.8 Å². The Balaban J connectivity index is 1.88. The standard InChI is InChI=1S/C15H12FN3O/c16-13-5-1-2-6-14(13)19-10-11(9-17-19)8-12-4-3-7-15(20)18-12/h1-7,9-10H,8H2,(H,18,20). The van der Waals surface area contributed by atoms with Crippen molar-refractivity contribution in [1.82, 2.24) is 14.8 Å². The molecule has 0 spiro atoms. The third-order valence-electron chi connectivity index (χ3n) is 2.96. The molecule has 0 bridgehead atoms. The normalized spacial score (nSPS) is 10.7. The summed E-state index contributed by atoms with van der Waals surface area (Å²) >= 11 is 0. The minimum Gasteiger partial charge on any atom is -0.326 e. The number of benzene rings is 1.